The van der Waals surface area contributed by atoms with Crippen LogP contribution in [0.5, 0.6) is 0 Å². The molecule has 0 bridgehead atoms. The molecule has 1 saturated heterocycles. The number of ether oxygens (including phenoxy) is 3. The summed E-state index contributed by atoms with van der Waals surface area (Å²) < 4.78 is 56.5. The van der Waals surface area contributed by atoms with Crippen LogP contribution in [0.3, 0.4) is 0 Å². The van der Waals surface area contributed by atoms with Crippen molar-refractivity contribution >= 4 is 33.4 Å². The molecule has 2 rings (SSSR count). The van der Waals surface area contributed by atoms with E-state index >= 15 is 0 Å². The summed E-state index contributed by atoms with van der Waals surface area (Å²) in [5, 5.41) is 41.8. The van der Waals surface area contributed by atoms with Crippen LogP contribution in [0.25, 0.3) is 0 Å². The molecule has 1 aliphatic rings. The number of hydrogen-bond donors (Lipinski definition) is 7. The van der Waals surface area contributed by atoms with E-state index in [-0.39, 0.29) is 37.9 Å². The van der Waals surface area contributed by atoms with Crippen LogP contribution in [0.2, 0.25) is 0 Å². The number of carbonyl (C=O) groups is 2. The van der Waals surface area contributed by atoms with Gasteiger partial charge >= 0.3 is 33.3 Å². The molecule has 1 fully saturated rings. The summed E-state index contributed by atoms with van der Waals surface area (Å²) in [5.74, 6) is -1.59. The van der Waals surface area contributed by atoms with E-state index in [1.165, 1.54) is 76.7 Å². The Morgan fingerprint density at radius 3 is 1.93 bits per heavy atom. The third-order valence-corrected chi connectivity index (χ3v) is 14.0. The lowest BCUT2D eigenvalue weighted by atomic mass is 10.0. The molecule has 22 heteroatoms. The van der Waals surface area contributed by atoms with Gasteiger partial charge in [0, 0.05) is 19.0 Å². The third-order valence-electron chi connectivity index (χ3n) is 11.4. The Morgan fingerprint density at radius 2 is 1.30 bits per heavy atom. The topological polar surface area (TPSA) is 306 Å². The second kappa shape index (κ2) is 36.8. The van der Waals surface area contributed by atoms with Crippen molar-refractivity contribution in [2.75, 3.05) is 25.6 Å². The highest BCUT2D eigenvalue weighted by molar-refractivity contribution is 7.61. The number of unbranched alkanes of at least 4 members (excludes halogenated alkanes) is 15. The largest absolute Gasteiger partial charge is 0.481 e. The highest BCUT2D eigenvalue weighted by Crippen LogP contribution is 2.60. The van der Waals surface area contributed by atoms with E-state index in [0.717, 1.165) is 49.3 Å². The molecular weight excluding hydrogens is 952 g/mol. The number of hydrogen-bond acceptors (Lipinski definition) is 17. The number of phosphoric acid groups is 2. The molecule has 0 aliphatic carbocycles. The molecule has 0 saturated carbocycles. The summed E-state index contributed by atoms with van der Waals surface area (Å²) in [4.78, 5) is 61.9. The van der Waals surface area contributed by atoms with Gasteiger partial charge in [0.1, 0.15) is 30.7 Å². The van der Waals surface area contributed by atoms with E-state index in [1.807, 2.05) is 12.2 Å². The SMILES string of the molecule is CCCCC/C=C\C/C=C\C/C=C\CC(O)C(O)CCCC(=O)O[C@H](COC(=O)CCCCCCCCCCCCCCC)COP(=O)(O)OP(=O)(O)OC[C@H]1O[C@@H](n2ccc(N)nc2=O)[C@H](O)[C@@H]1O. The van der Waals surface area contributed by atoms with Crippen molar-refractivity contribution in [2.24, 2.45) is 0 Å². The number of rotatable bonds is 41. The molecule has 1 aromatic rings. The summed E-state index contributed by atoms with van der Waals surface area (Å²) >= 11 is 0. The van der Waals surface area contributed by atoms with E-state index in [2.05, 4.69) is 41.4 Å². The van der Waals surface area contributed by atoms with Crippen LogP contribution in [0.4, 0.5) is 5.82 Å². The molecule has 4 unspecified atom stereocenters. The maximum Gasteiger partial charge on any atom is 0.481 e. The Bertz CT molecular complexity index is 1850. The minimum atomic E-state index is -5.49. The van der Waals surface area contributed by atoms with Gasteiger partial charge < -0.3 is 50.2 Å². The van der Waals surface area contributed by atoms with Crippen molar-refractivity contribution in [1.82, 2.24) is 9.55 Å². The van der Waals surface area contributed by atoms with Crippen LogP contribution in [0.1, 0.15) is 174 Å². The number of allylic oxidation sites excluding steroid dienone is 5. The first kappa shape index (κ1) is 63.0. The minimum absolute atomic E-state index is 0.0367. The Morgan fingerprint density at radius 1 is 0.743 bits per heavy atom. The lowest BCUT2D eigenvalue weighted by Crippen LogP contribution is -2.36. The van der Waals surface area contributed by atoms with Gasteiger partial charge in [-0.2, -0.15) is 9.29 Å². The number of aliphatic hydroxyl groups excluding tert-OH is 4. The summed E-state index contributed by atoms with van der Waals surface area (Å²) in [6, 6.07) is 1.23. The molecule has 8 N–H and O–H groups in total. The van der Waals surface area contributed by atoms with E-state index in [4.69, 9.17) is 29.0 Å². The third kappa shape index (κ3) is 28.8. The Labute approximate surface area is 413 Å². The molecule has 0 aromatic carbocycles. The van der Waals surface area contributed by atoms with Crippen LogP contribution >= 0.6 is 15.6 Å². The van der Waals surface area contributed by atoms with Crippen LogP contribution in [0, 0.1) is 0 Å². The number of nitrogens with zero attached hydrogens (tertiary/aromatic N) is 2. The number of anilines is 1. The maximum absolute atomic E-state index is 12.9. The Kier molecular flexibility index (Phi) is 33.1. The van der Waals surface area contributed by atoms with Crippen molar-refractivity contribution in [3.63, 3.8) is 0 Å². The van der Waals surface area contributed by atoms with Gasteiger partial charge in [-0.05, 0) is 57.4 Å². The predicted octanol–water partition coefficient (Wildman–Crippen LogP) is 7.94. The Hall–Kier alpha value is -3.10. The zero-order chi connectivity index (χ0) is 51.6. The van der Waals surface area contributed by atoms with Gasteiger partial charge in [-0.15, -0.1) is 0 Å². The van der Waals surface area contributed by atoms with Gasteiger partial charge in [0.25, 0.3) is 0 Å². The van der Waals surface area contributed by atoms with Gasteiger partial charge in [-0.3, -0.25) is 23.2 Å². The van der Waals surface area contributed by atoms with E-state index in [0.29, 0.717) is 12.8 Å². The van der Waals surface area contributed by atoms with Crippen molar-refractivity contribution in [1.29, 1.82) is 0 Å². The van der Waals surface area contributed by atoms with Gasteiger partial charge in [0.2, 0.25) is 0 Å². The standard InChI is InChI=1S/C48H83N3O17P2/c1-3-5-7-9-11-13-15-17-19-21-23-25-27-31-43(54)63-35-38(66-44(55)32-28-30-40(53)39(52)29-26-24-22-20-18-16-14-12-10-8-6-4-2)36-64-69(59,60)68-70(61,62)65-37-41-45(56)46(57)47(67-41)51-34-33-42(49)50-48(51)58/h12,14,18,20,24,26,33-34,38-41,45-47,52-53,56-57H,3-11,13,15-17,19,21-23,25,27-32,35-37H2,1-2H3,(H,59,60)(H,61,62)(H2,49,50,58)/b14-12-,20-18-,26-24-/t38-,39?,40?,41-,45-,46-,47-/m1/s1. The highest BCUT2D eigenvalue weighted by Gasteiger charge is 2.46. The van der Waals surface area contributed by atoms with Crippen LogP contribution in [0.15, 0.2) is 53.5 Å². The fraction of sp³-hybridized carbons (Fsp3) is 0.750. The molecular formula is C48H83N3O17P2. The lowest BCUT2D eigenvalue weighted by Gasteiger charge is -2.22. The normalized spacial score (nSPS) is 20.5. The lowest BCUT2D eigenvalue weighted by molar-refractivity contribution is -0.161. The van der Waals surface area contributed by atoms with Crippen molar-refractivity contribution in [2.45, 2.75) is 211 Å². The summed E-state index contributed by atoms with van der Waals surface area (Å²) in [6.45, 7) is 1.84. The number of nitrogens with two attached hydrogens (primary N) is 1. The summed E-state index contributed by atoms with van der Waals surface area (Å²) in [7, 11) is -11.0. The molecule has 2 heterocycles. The van der Waals surface area contributed by atoms with Crippen molar-refractivity contribution in [3.8, 4) is 0 Å². The van der Waals surface area contributed by atoms with Crippen LogP contribution < -0.4 is 11.4 Å². The molecule has 70 heavy (non-hydrogen) atoms. The first-order chi connectivity index (χ1) is 33.5. The number of carbonyl (C=O) groups excluding carboxylic acids is 2. The fourth-order valence-electron chi connectivity index (χ4n) is 7.36. The first-order valence-electron chi connectivity index (χ1n) is 25.2. The summed E-state index contributed by atoms with van der Waals surface area (Å²) in [6.07, 6.45) is 23.9. The maximum atomic E-state index is 12.9. The van der Waals surface area contributed by atoms with Crippen molar-refractivity contribution in [3.05, 3.63) is 59.2 Å². The average Bonchev–Trinajstić information content (AvgIpc) is 3.59. The number of phosphoric ester groups is 2. The molecule has 0 radical (unpaired) electrons. The predicted molar refractivity (Wildman–Crippen MR) is 264 cm³/mol. The number of esters is 2. The number of aliphatic hydroxyl groups is 4. The van der Waals surface area contributed by atoms with Gasteiger partial charge in [-0.25, -0.2) is 13.9 Å². The van der Waals surface area contributed by atoms with Gasteiger partial charge in [0.15, 0.2) is 12.3 Å². The van der Waals surface area contributed by atoms with E-state index < -0.39 is 95.9 Å². The number of nitrogen functional groups attached to an aromatic ring is 1. The smallest absolute Gasteiger partial charge is 0.462 e. The number of aromatic nitrogens is 2. The summed E-state index contributed by atoms with van der Waals surface area (Å²) in [5.41, 5.74) is 4.56. The average molecular weight is 1040 g/mol. The second-order valence-corrected chi connectivity index (χ2v) is 20.7. The van der Waals surface area contributed by atoms with Gasteiger partial charge in [-0.1, -0.05) is 140 Å². The minimum Gasteiger partial charge on any atom is -0.462 e. The monoisotopic (exact) mass is 1040 g/mol. The molecule has 9 atom stereocenters. The van der Waals surface area contributed by atoms with Gasteiger partial charge in [0.05, 0.1) is 25.4 Å². The zero-order valence-corrected chi connectivity index (χ0v) is 43.1. The molecule has 1 aliphatic heterocycles. The van der Waals surface area contributed by atoms with E-state index in [9.17, 15) is 53.7 Å². The molecule has 20 nitrogen and oxygen atoms in total. The fourth-order valence-corrected chi connectivity index (χ4v) is 9.47. The molecule has 1 aromatic heterocycles. The molecule has 0 spiro atoms. The first-order valence-corrected chi connectivity index (χ1v) is 28.2. The highest BCUT2D eigenvalue weighted by atomic mass is 31.3. The molecule has 0 amide bonds. The zero-order valence-electron chi connectivity index (χ0n) is 41.3. The quantitative estimate of drug-likeness (QED) is 0.0142. The van der Waals surface area contributed by atoms with Crippen molar-refractivity contribution < 1.29 is 76.5 Å². The van der Waals surface area contributed by atoms with E-state index in [1.54, 1.807) is 6.08 Å². The second-order valence-electron chi connectivity index (χ2n) is 17.6. The Balaban J connectivity index is 1.88. The van der Waals surface area contributed by atoms with Crippen LogP contribution in [-0.4, -0.2) is 108 Å². The van der Waals surface area contributed by atoms with Crippen LogP contribution in [-0.2, 0) is 46.3 Å². The molecule has 402 valence electrons.